The van der Waals surface area contributed by atoms with Crippen LogP contribution in [0.5, 0.6) is 11.6 Å². The van der Waals surface area contributed by atoms with Gasteiger partial charge >= 0.3 is 0 Å². The zero-order valence-corrected chi connectivity index (χ0v) is 20.3. The molecule has 0 amide bonds. The number of nitrogens with one attached hydrogen (secondary N) is 1. The van der Waals surface area contributed by atoms with E-state index in [9.17, 15) is 0 Å². The summed E-state index contributed by atoms with van der Waals surface area (Å²) >= 11 is 12.2. The van der Waals surface area contributed by atoms with Gasteiger partial charge in [-0.05, 0) is 61.4 Å². The highest BCUT2D eigenvalue weighted by Gasteiger charge is 2.28. The Hall–Kier alpha value is -3.43. The van der Waals surface area contributed by atoms with E-state index in [0.717, 1.165) is 11.4 Å². The van der Waals surface area contributed by atoms with Crippen LogP contribution in [0.4, 0.5) is 0 Å². The Kier molecular flexibility index (Phi) is 5.66. The van der Waals surface area contributed by atoms with Crippen LogP contribution in [0.3, 0.4) is 0 Å². The summed E-state index contributed by atoms with van der Waals surface area (Å²) in [6, 6.07) is 11.5. The number of oxime groups is 1. The highest BCUT2D eigenvalue weighted by molar-refractivity contribution is 6.32. The smallest absolute Gasteiger partial charge is 0.267 e. The lowest BCUT2D eigenvalue weighted by Gasteiger charge is -2.25. The van der Waals surface area contributed by atoms with Crippen LogP contribution in [0.2, 0.25) is 10.3 Å². The number of hydrogen-bond donors (Lipinski definition) is 1. The predicted molar refractivity (Wildman–Crippen MR) is 131 cm³/mol. The molecule has 1 N–H and O–H groups in total. The van der Waals surface area contributed by atoms with Gasteiger partial charge in [0.25, 0.3) is 5.88 Å². The number of nitrogens with zero attached hydrogens (tertiary/aromatic N) is 6. The molecular formula is C24H21Cl2N7O2. The first-order valence-corrected chi connectivity index (χ1v) is 12.1. The molecule has 6 rings (SSSR count). The van der Waals surface area contributed by atoms with E-state index in [1.165, 1.54) is 18.4 Å². The van der Waals surface area contributed by atoms with Crippen LogP contribution in [0.15, 0.2) is 47.8 Å². The zero-order chi connectivity index (χ0) is 23.9. The van der Waals surface area contributed by atoms with Gasteiger partial charge in [0.05, 0.1) is 12.2 Å². The zero-order valence-electron chi connectivity index (χ0n) is 18.8. The van der Waals surface area contributed by atoms with Gasteiger partial charge < -0.3 is 14.9 Å². The third-order valence-electron chi connectivity index (χ3n) is 6.07. The summed E-state index contributed by atoms with van der Waals surface area (Å²) in [5.74, 6) is 2.78. The minimum Gasteiger partial charge on any atom is -0.436 e. The fourth-order valence-electron chi connectivity index (χ4n) is 4.19. The Morgan fingerprint density at radius 2 is 2.06 bits per heavy atom. The second kappa shape index (κ2) is 8.98. The third-order valence-corrected chi connectivity index (χ3v) is 6.60. The molecule has 9 nitrogen and oxygen atoms in total. The molecule has 1 saturated carbocycles. The molecule has 1 aliphatic heterocycles. The van der Waals surface area contributed by atoms with Crippen LogP contribution in [-0.4, -0.2) is 43.1 Å². The molecule has 0 radical (unpaired) electrons. The van der Waals surface area contributed by atoms with Crippen LogP contribution in [-0.2, 0) is 11.3 Å². The van der Waals surface area contributed by atoms with Crippen molar-refractivity contribution in [2.24, 2.45) is 5.16 Å². The molecule has 3 aromatic heterocycles. The van der Waals surface area contributed by atoms with Crippen LogP contribution >= 0.6 is 23.2 Å². The summed E-state index contributed by atoms with van der Waals surface area (Å²) in [7, 11) is 0. The van der Waals surface area contributed by atoms with Gasteiger partial charge in [-0.3, -0.25) is 4.40 Å². The van der Waals surface area contributed by atoms with Gasteiger partial charge in [-0.25, -0.2) is 9.97 Å². The van der Waals surface area contributed by atoms with Crippen molar-refractivity contribution in [1.29, 1.82) is 0 Å². The summed E-state index contributed by atoms with van der Waals surface area (Å²) in [5, 5.41) is 17.1. The van der Waals surface area contributed by atoms with Gasteiger partial charge in [0.2, 0.25) is 0 Å². The molecule has 1 unspecified atom stereocenters. The standard InChI is InChI=1S/C24H21Cl2N7O2/c1-13-27-11-20-30-31-24(35-18-4-2-3-15(10-18)14-5-6-14)21(33(13)20)23-28-17(12-34-32-23)9-16-7-8-19(25)29-22(16)26/h2-4,7-8,10-11,14,17H,5-6,9,12H2,1H3,(H,28,32). The van der Waals surface area contributed by atoms with E-state index in [1.54, 1.807) is 12.3 Å². The summed E-state index contributed by atoms with van der Waals surface area (Å²) in [6.45, 7) is 2.24. The van der Waals surface area contributed by atoms with Crippen molar-refractivity contribution in [1.82, 2.24) is 29.9 Å². The number of pyridine rings is 1. The van der Waals surface area contributed by atoms with Crippen molar-refractivity contribution >= 4 is 34.7 Å². The van der Waals surface area contributed by atoms with Gasteiger partial charge in [0, 0.05) is 0 Å². The number of imidazole rings is 1. The normalized spacial score (nSPS) is 17.6. The lowest BCUT2D eigenvalue weighted by Crippen LogP contribution is -2.44. The Labute approximate surface area is 211 Å². The fourth-order valence-corrected chi connectivity index (χ4v) is 4.61. The number of amidine groups is 1. The molecule has 0 spiro atoms. The average Bonchev–Trinajstić information content (AvgIpc) is 3.64. The second-order valence-corrected chi connectivity index (χ2v) is 9.41. The molecule has 0 bridgehead atoms. The summed E-state index contributed by atoms with van der Waals surface area (Å²) in [4.78, 5) is 14.1. The number of rotatable bonds is 6. The van der Waals surface area contributed by atoms with E-state index in [4.69, 9.17) is 32.8 Å². The predicted octanol–water partition coefficient (Wildman–Crippen LogP) is 4.70. The Balaban J connectivity index is 1.34. The first-order chi connectivity index (χ1) is 17.0. The molecule has 11 heteroatoms. The maximum Gasteiger partial charge on any atom is 0.267 e. The van der Waals surface area contributed by atoms with E-state index in [0.29, 0.717) is 58.1 Å². The second-order valence-electron chi connectivity index (χ2n) is 8.67. The van der Waals surface area contributed by atoms with Crippen molar-refractivity contribution in [3.8, 4) is 11.6 Å². The summed E-state index contributed by atoms with van der Waals surface area (Å²) in [6.07, 6.45) is 4.64. The SMILES string of the molecule is Cc1ncc2nnc(Oc3cccc(C4CC4)c3)c(C3=NOCC(Cc4ccc(Cl)nc4Cl)N3)n12. The van der Waals surface area contributed by atoms with E-state index < -0.39 is 0 Å². The molecule has 1 atom stereocenters. The van der Waals surface area contributed by atoms with Crippen LogP contribution in [0.25, 0.3) is 5.65 Å². The number of hydrogen-bond acceptors (Lipinski definition) is 8. The van der Waals surface area contributed by atoms with Crippen LogP contribution in [0, 0.1) is 6.92 Å². The first-order valence-electron chi connectivity index (χ1n) is 11.3. The quantitative estimate of drug-likeness (QED) is 0.376. The number of fused-ring (bicyclic) bond motifs is 1. The van der Waals surface area contributed by atoms with Crippen molar-refractivity contribution in [3.05, 3.63) is 75.5 Å². The maximum atomic E-state index is 6.30. The van der Waals surface area contributed by atoms with E-state index in [1.807, 2.05) is 29.5 Å². The Morgan fingerprint density at radius 3 is 2.89 bits per heavy atom. The van der Waals surface area contributed by atoms with Crippen molar-refractivity contribution < 1.29 is 9.57 Å². The highest BCUT2D eigenvalue weighted by Crippen LogP contribution is 2.41. The molecule has 178 valence electrons. The highest BCUT2D eigenvalue weighted by atomic mass is 35.5. The van der Waals surface area contributed by atoms with Crippen molar-refractivity contribution in [2.45, 2.75) is 38.1 Å². The molecule has 35 heavy (non-hydrogen) atoms. The summed E-state index contributed by atoms with van der Waals surface area (Å²) < 4.78 is 8.10. The lowest BCUT2D eigenvalue weighted by atomic mass is 10.1. The molecule has 1 aliphatic carbocycles. The van der Waals surface area contributed by atoms with Crippen LogP contribution in [0.1, 0.15) is 41.4 Å². The van der Waals surface area contributed by atoms with Crippen molar-refractivity contribution in [3.63, 3.8) is 0 Å². The van der Waals surface area contributed by atoms with E-state index in [-0.39, 0.29) is 6.04 Å². The van der Waals surface area contributed by atoms with Gasteiger partial charge in [-0.2, -0.15) is 0 Å². The number of aryl methyl sites for hydroxylation is 1. The Morgan fingerprint density at radius 1 is 1.17 bits per heavy atom. The van der Waals surface area contributed by atoms with Crippen LogP contribution < -0.4 is 10.1 Å². The van der Waals surface area contributed by atoms with Crippen molar-refractivity contribution in [2.75, 3.05) is 6.61 Å². The molecule has 1 fully saturated rings. The van der Waals surface area contributed by atoms with Gasteiger partial charge in [-0.1, -0.05) is 46.6 Å². The van der Waals surface area contributed by atoms with Gasteiger partial charge in [0.1, 0.15) is 28.5 Å². The van der Waals surface area contributed by atoms with Gasteiger partial charge in [-0.15, -0.1) is 10.2 Å². The van der Waals surface area contributed by atoms with E-state index >= 15 is 0 Å². The number of aromatic nitrogens is 5. The minimum atomic E-state index is -0.124. The molecule has 4 aromatic rings. The van der Waals surface area contributed by atoms with Gasteiger partial charge in [0.15, 0.2) is 17.2 Å². The monoisotopic (exact) mass is 509 g/mol. The minimum absolute atomic E-state index is 0.124. The van der Waals surface area contributed by atoms with E-state index in [2.05, 4.69) is 42.8 Å². The molecule has 4 heterocycles. The molecular weight excluding hydrogens is 489 g/mol. The molecule has 1 aromatic carbocycles. The summed E-state index contributed by atoms with van der Waals surface area (Å²) in [5.41, 5.74) is 3.27. The third kappa shape index (κ3) is 4.49. The molecule has 2 aliphatic rings. The number of ether oxygens (including phenoxy) is 1. The first kappa shape index (κ1) is 22.1. The Bertz CT molecular complexity index is 1450. The lowest BCUT2D eigenvalue weighted by molar-refractivity contribution is 0.109. The fraction of sp³-hybridized carbons (Fsp3) is 0.292. The average molecular weight is 510 g/mol. The largest absolute Gasteiger partial charge is 0.436 e. The molecule has 0 saturated heterocycles. The number of halogens is 2. The number of benzene rings is 1. The maximum absolute atomic E-state index is 6.30. The topological polar surface area (TPSA) is 98.8 Å².